The van der Waals surface area contributed by atoms with E-state index in [9.17, 15) is 4.79 Å². The summed E-state index contributed by atoms with van der Waals surface area (Å²) in [6, 6.07) is 10.5. The van der Waals surface area contributed by atoms with Crippen LogP contribution in [-0.2, 0) is 20.0 Å². The molecule has 0 unspecified atom stereocenters. The minimum Gasteiger partial charge on any atom is -0.342 e. The van der Waals surface area contributed by atoms with Crippen LogP contribution in [0.4, 0.5) is 5.95 Å². The minimum atomic E-state index is 0.0405. The number of fused-ring (bicyclic) bond motifs is 2. The number of piperidine rings is 1. The van der Waals surface area contributed by atoms with Crippen molar-refractivity contribution >= 4 is 28.2 Å². The van der Waals surface area contributed by atoms with Gasteiger partial charge in [0.2, 0.25) is 5.95 Å². The van der Waals surface area contributed by atoms with E-state index in [0.717, 1.165) is 43.9 Å². The van der Waals surface area contributed by atoms with Crippen molar-refractivity contribution in [1.29, 1.82) is 0 Å². The number of aromatic nitrogens is 2. The Morgan fingerprint density at radius 3 is 2.78 bits per heavy atom. The van der Waals surface area contributed by atoms with Crippen molar-refractivity contribution in [3.05, 3.63) is 56.5 Å². The summed E-state index contributed by atoms with van der Waals surface area (Å²) in [5.41, 5.74) is 2.35. The second kappa shape index (κ2) is 6.77. The van der Waals surface area contributed by atoms with E-state index in [-0.39, 0.29) is 5.56 Å². The van der Waals surface area contributed by atoms with Gasteiger partial charge in [-0.3, -0.25) is 14.3 Å². The number of benzene rings is 1. The van der Waals surface area contributed by atoms with Crippen molar-refractivity contribution in [2.75, 3.05) is 24.5 Å². The molecule has 2 aliphatic heterocycles. The van der Waals surface area contributed by atoms with Gasteiger partial charge >= 0.3 is 0 Å². The smallest absolute Gasteiger partial charge is 0.262 e. The molecule has 0 saturated carbocycles. The molecule has 5 nitrogen and oxygen atoms in total. The predicted molar refractivity (Wildman–Crippen MR) is 111 cm³/mol. The lowest BCUT2D eigenvalue weighted by Gasteiger charge is -2.40. The van der Waals surface area contributed by atoms with Crippen LogP contribution in [0.3, 0.4) is 0 Å². The van der Waals surface area contributed by atoms with Crippen LogP contribution >= 0.6 is 11.3 Å². The molecule has 27 heavy (non-hydrogen) atoms. The molecule has 0 spiro atoms. The van der Waals surface area contributed by atoms with E-state index in [1.165, 1.54) is 18.5 Å². The topological polar surface area (TPSA) is 41.4 Å². The summed E-state index contributed by atoms with van der Waals surface area (Å²) in [5, 5.41) is 2.92. The van der Waals surface area contributed by atoms with Gasteiger partial charge in [0, 0.05) is 44.1 Å². The largest absolute Gasteiger partial charge is 0.342 e. The van der Waals surface area contributed by atoms with Crippen LogP contribution in [0.2, 0.25) is 0 Å². The summed E-state index contributed by atoms with van der Waals surface area (Å²) in [5.74, 6) is 0.802. The average molecular weight is 381 g/mol. The van der Waals surface area contributed by atoms with Crippen LogP contribution in [0.15, 0.2) is 40.5 Å². The van der Waals surface area contributed by atoms with Gasteiger partial charge in [-0.15, -0.1) is 11.3 Å². The molecule has 0 radical (unpaired) electrons. The van der Waals surface area contributed by atoms with Crippen molar-refractivity contribution in [1.82, 2.24) is 14.5 Å². The molecule has 1 aromatic carbocycles. The molecule has 0 aliphatic carbocycles. The summed E-state index contributed by atoms with van der Waals surface area (Å²) >= 11 is 1.90. The number of para-hydroxylation sites is 1. The van der Waals surface area contributed by atoms with Gasteiger partial charge in [0.1, 0.15) is 0 Å². The minimum absolute atomic E-state index is 0.0405. The van der Waals surface area contributed by atoms with E-state index in [1.807, 2.05) is 42.6 Å². The normalized spacial score (nSPS) is 18.8. The Balaban J connectivity index is 1.33. The zero-order valence-corrected chi connectivity index (χ0v) is 16.4. The fraction of sp³-hybridized carbons (Fsp3) is 0.429. The Bertz CT molecular complexity index is 1030. The maximum absolute atomic E-state index is 12.7. The van der Waals surface area contributed by atoms with Gasteiger partial charge in [-0.1, -0.05) is 12.1 Å². The highest BCUT2D eigenvalue weighted by atomic mass is 32.1. The Labute approximate surface area is 162 Å². The molecule has 0 atom stereocenters. The SMILES string of the molecule is Cn1c(N2CCC(N3CCc4sccc4C3)CC2)nc2ccccc2c1=O. The number of thiophene rings is 1. The Hall–Kier alpha value is -2.18. The molecular weight excluding hydrogens is 356 g/mol. The van der Waals surface area contributed by atoms with Crippen LogP contribution in [0.1, 0.15) is 23.3 Å². The fourth-order valence-electron chi connectivity index (χ4n) is 4.50. The molecule has 0 N–H and O–H groups in total. The van der Waals surface area contributed by atoms with E-state index < -0.39 is 0 Å². The summed E-state index contributed by atoms with van der Waals surface area (Å²) in [4.78, 5) is 24.0. The fourth-order valence-corrected chi connectivity index (χ4v) is 5.39. The Morgan fingerprint density at radius 2 is 1.93 bits per heavy atom. The molecule has 140 valence electrons. The monoisotopic (exact) mass is 380 g/mol. The second-order valence-corrected chi connectivity index (χ2v) is 8.60. The van der Waals surface area contributed by atoms with Crippen LogP contribution in [0, 0.1) is 0 Å². The zero-order valence-electron chi connectivity index (χ0n) is 15.6. The summed E-state index contributed by atoms with van der Waals surface area (Å²) in [6.07, 6.45) is 3.44. The lowest BCUT2D eigenvalue weighted by atomic mass is 10.00. The molecule has 0 bridgehead atoms. The maximum Gasteiger partial charge on any atom is 0.262 e. The van der Waals surface area contributed by atoms with Gasteiger partial charge < -0.3 is 4.90 Å². The lowest BCUT2D eigenvalue weighted by Crippen LogP contribution is -2.47. The first-order valence-corrected chi connectivity index (χ1v) is 10.6. The molecule has 5 rings (SSSR count). The molecule has 1 saturated heterocycles. The van der Waals surface area contributed by atoms with Crippen LogP contribution in [0.5, 0.6) is 0 Å². The van der Waals surface area contributed by atoms with Gasteiger partial charge in [-0.05, 0) is 48.4 Å². The molecule has 4 heterocycles. The maximum atomic E-state index is 12.7. The van der Waals surface area contributed by atoms with Crippen molar-refractivity contribution in [2.24, 2.45) is 7.05 Å². The van der Waals surface area contributed by atoms with Crippen molar-refractivity contribution in [2.45, 2.75) is 31.8 Å². The van der Waals surface area contributed by atoms with Crippen LogP contribution in [0.25, 0.3) is 10.9 Å². The Kier molecular flexibility index (Phi) is 4.25. The van der Waals surface area contributed by atoms with Crippen molar-refractivity contribution < 1.29 is 0 Å². The van der Waals surface area contributed by atoms with Gasteiger partial charge in [0.05, 0.1) is 10.9 Å². The molecule has 2 aromatic heterocycles. The standard InChI is InChI=1S/C21H24N4OS/c1-23-20(26)17-4-2-3-5-18(17)22-21(23)24-10-6-16(7-11-24)25-12-8-19-15(14-25)9-13-27-19/h2-5,9,13,16H,6-8,10-12,14H2,1H3. The first-order chi connectivity index (χ1) is 13.2. The highest BCUT2D eigenvalue weighted by Crippen LogP contribution is 2.29. The molecule has 3 aromatic rings. The first kappa shape index (κ1) is 17.0. The number of hydrogen-bond donors (Lipinski definition) is 0. The van der Waals surface area contributed by atoms with E-state index in [2.05, 4.69) is 21.2 Å². The highest BCUT2D eigenvalue weighted by Gasteiger charge is 2.29. The van der Waals surface area contributed by atoms with Gasteiger partial charge in [-0.2, -0.15) is 0 Å². The zero-order chi connectivity index (χ0) is 18.4. The van der Waals surface area contributed by atoms with E-state index in [0.29, 0.717) is 11.4 Å². The molecule has 1 fully saturated rings. The number of nitrogens with zero attached hydrogens (tertiary/aromatic N) is 4. The molecule has 6 heteroatoms. The Morgan fingerprint density at radius 1 is 1.11 bits per heavy atom. The van der Waals surface area contributed by atoms with Crippen LogP contribution < -0.4 is 10.5 Å². The van der Waals surface area contributed by atoms with Gasteiger partial charge in [-0.25, -0.2) is 4.98 Å². The number of rotatable bonds is 2. The third-order valence-corrected chi connectivity index (χ3v) is 7.08. The quantitative estimate of drug-likeness (QED) is 0.685. The van der Waals surface area contributed by atoms with E-state index in [1.54, 1.807) is 9.44 Å². The third-order valence-electron chi connectivity index (χ3n) is 6.06. The number of hydrogen-bond acceptors (Lipinski definition) is 5. The van der Waals surface area contributed by atoms with Gasteiger partial charge in [0.15, 0.2) is 0 Å². The molecule has 0 amide bonds. The van der Waals surface area contributed by atoms with Crippen LogP contribution in [-0.4, -0.2) is 40.1 Å². The van der Waals surface area contributed by atoms with E-state index >= 15 is 0 Å². The summed E-state index contributed by atoms with van der Waals surface area (Å²) in [6.45, 7) is 4.17. The van der Waals surface area contributed by atoms with Crippen molar-refractivity contribution in [3.8, 4) is 0 Å². The summed E-state index contributed by atoms with van der Waals surface area (Å²) < 4.78 is 1.71. The summed E-state index contributed by atoms with van der Waals surface area (Å²) in [7, 11) is 1.84. The third kappa shape index (κ3) is 2.97. The highest BCUT2D eigenvalue weighted by molar-refractivity contribution is 7.10. The second-order valence-electron chi connectivity index (χ2n) is 7.60. The average Bonchev–Trinajstić information content (AvgIpc) is 3.19. The molecular formula is C21H24N4OS. The lowest BCUT2D eigenvalue weighted by molar-refractivity contribution is 0.154. The molecule has 2 aliphatic rings. The number of anilines is 1. The van der Waals surface area contributed by atoms with Crippen molar-refractivity contribution in [3.63, 3.8) is 0 Å². The van der Waals surface area contributed by atoms with E-state index in [4.69, 9.17) is 4.98 Å². The van der Waals surface area contributed by atoms with Gasteiger partial charge in [0.25, 0.3) is 5.56 Å². The predicted octanol–water partition coefficient (Wildman–Crippen LogP) is 3.02. The first-order valence-electron chi connectivity index (χ1n) is 9.71.